The van der Waals surface area contributed by atoms with Gasteiger partial charge in [-0.15, -0.1) is 0 Å². The zero-order valence-corrected chi connectivity index (χ0v) is 12.7. The van der Waals surface area contributed by atoms with Gasteiger partial charge in [0.1, 0.15) is 5.75 Å². The van der Waals surface area contributed by atoms with Crippen molar-refractivity contribution in [2.24, 2.45) is 0 Å². The van der Waals surface area contributed by atoms with Gasteiger partial charge in [-0.3, -0.25) is 0 Å². The molecule has 0 aliphatic rings. The quantitative estimate of drug-likeness (QED) is 0.857. The number of phenols is 1. The Morgan fingerprint density at radius 2 is 1.90 bits per heavy atom. The molecule has 0 radical (unpaired) electrons. The van der Waals surface area contributed by atoms with Crippen LogP contribution >= 0.6 is 23.2 Å². The molecule has 0 aromatic heterocycles. The van der Waals surface area contributed by atoms with Gasteiger partial charge in [0, 0.05) is 17.6 Å². The number of hydrogen-bond acceptors (Lipinski definition) is 2. The van der Waals surface area contributed by atoms with Gasteiger partial charge in [0.05, 0.1) is 5.02 Å². The van der Waals surface area contributed by atoms with E-state index < -0.39 is 0 Å². The van der Waals surface area contributed by atoms with E-state index in [0.29, 0.717) is 17.6 Å². The Morgan fingerprint density at radius 1 is 1.10 bits per heavy atom. The van der Waals surface area contributed by atoms with Crippen molar-refractivity contribution in [1.82, 2.24) is 5.32 Å². The molecular formula is C16H17Cl2NO. The summed E-state index contributed by atoms with van der Waals surface area (Å²) in [5.41, 5.74) is 2.26. The summed E-state index contributed by atoms with van der Waals surface area (Å²) >= 11 is 11.9. The predicted molar refractivity (Wildman–Crippen MR) is 84.6 cm³/mol. The topological polar surface area (TPSA) is 32.3 Å². The van der Waals surface area contributed by atoms with Crippen LogP contribution < -0.4 is 5.32 Å². The summed E-state index contributed by atoms with van der Waals surface area (Å²) in [7, 11) is 0. The lowest BCUT2D eigenvalue weighted by atomic mass is 10.1. The van der Waals surface area contributed by atoms with Crippen LogP contribution in [0.25, 0.3) is 0 Å². The lowest BCUT2D eigenvalue weighted by Crippen LogP contribution is -2.27. The molecule has 0 aliphatic carbocycles. The minimum atomic E-state index is 0.113. The predicted octanol–water partition coefficient (Wildman–Crippen LogP) is 4.42. The van der Waals surface area contributed by atoms with E-state index in [0.717, 1.165) is 17.0 Å². The smallest absolute Gasteiger partial charge is 0.134 e. The summed E-state index contributed by atoms with van der Waals surface area (Å²) in [4.78, 5) is 0. The van der Waals surface area contributed by atoms with Gasteiger partial charge in [0.15, 0.2) is 0 Å². The number of phenolic OH excluding ortho intramolecular Hbond substituents is 1. The fourth-order valence-corrected chi connectivity index (χ4v) is 2.46. The van der Waals surface area contributed by atoms with E-state index in [2.05, 4.69) is 18.3 Å². The van der Waals surface area contributed by atoms with E-state index in [4.69, 9.17) is 23.2 Å². The van der Waals surface area contributed by atoms with Gasteiger partial charge in [0.25, 0.3) is 0 Å². The Hall–Kier alpha value is -1.22. The molecule has 0 amide bonds. The van der Waals surface area contributed by atoms with Crippen LogP contribution in [0.5, 0.6) is 5.75 Å². The molecule has 2 aromatic carbocycles. The van der Waals surface area contributed by atoms with E-state index in [1.165, 1.54) is 5.56 Å². The number of aromatic hydroxyl groups is 1. The van der Waals surface area contributed by atoms with Gasteiger partial charge in [-0.05, 0) is 48.7 Å². The number of hydrogen-bond donors (Lipinski definition) is 2. The third-order valence-electron chi connectivity index (χ3n) is 3.10. The van der Waals surface area contributed by atoms with Gasteiger partial charge >= 0.3 is 0 Å². The normalized spacial score (nSPS) is 12.3. The molecular weight excluding hydrogens is 293 g/mol. The molecule has 0 saturated heterocycles. The second-order valence-corrected chi connectivity index (χ2v) is 5.75. The maximum Gasteiger partial charge on any atom is 0.134 e. The largest absolute Gasteiger partial charge is 0.506 e. The summed E-state index contributed by atoms with van der Waals surface area (Å²) in [6, 6.07) is 13.5. The van der Waals surface area contributed by atoms with Crippen molar-refractivity contribution < 1.29 is 5.11 Å². The van der Waals surface area contributed by atoms with Gasteiger partial charge < -0.3 is 10.4 Å². The number of benzene rings is 2. The van der Waals surface area contributed by atoms with E-state index in [-0.39, 0.29) is 5.75 Å². The van der Waals surface area contributed by atoms with Gasteiger partial charge in [-0.1, -0.05) is 41.4 Å². The summed E-state index contributed by atoms with van der Waals surface area (Å²) < 4.78 is 0. The van der Waals surface area contributed by atoms with Crippen molar-refractivity contribution in [2.45, 2.75) is 25.9 Å². The van der Waals surface area contributed by atoms with Gasteiger partial charge in [-0.2, -0.15) is 0 Å². The standard InChI is InChI=1S/C16H17Cl2NO/c1-11(7-12-3-2-4-14(17)8-12)19-10-13-5-6-16(20)15(18)9-13/h2-6,8-9,11,19-20H,7,10H2,1H3. The molecule has 0 spiro atoms. The van der Waals surface area contributed by atoms with Crippen LogP contribution in [0.2, 0.25) is 10.0 Å². The zero-order chi connectivity index (χ0) is 14.5. The zero-order valence-electron chi connectivity index (χ0n) is 11.2. The van der Waals surface area contributed by atoms with Crippen LogP contribution in [0, 0.1) is 0 Å². The minimum absolute atomic E-state index is 0.113. The van der Waals surface area contributed by atoms with E-state index in [9.17, 15) is 5.11 Å². The van der Waals surface area contributed by atoms with E-state index in [1.807, 2.05) is 24.3 Å². The third-order valence-corrected chi connectivity index (χ3v) is 3.64. The van der Waals surface area contributed by atoms with Crippen LogP contribution in [0.3, 0.4) is 0 Å². The molecule has 4 heteroatoms. The van der Waals surface area contributed by atoms with Crippen LogP contribution in [0.1, 0.15) is 18.1 Å². The first-order valence-electron chi connectivity index (χ1n) is 6.50. The van der Waals surface area contributed by atoms with Crippen LogP contribution in [-0.4, -0.2) is 11.1 Å². The van der Waals surface area contributed by atoms with Crippen LogP contribution in [0.15, 0.2) is 42.5 Å². The van der Waals surface area contributed by atoms with Crippen molar-refractivity contribution in [3.8, 4) is 5.75 Å². The summed E-state index contributed by atoms with van der Waals surface area (Å²) in [6.07, 6.45) is 0.909. The minimum Gasteiger partial charge on any atom is -0.506 e. The van der Waals surface area contributed by atoms with Crippen LogP contribution in [-0.2, 0) is 13.0 Å². The Kier molecular flexibility index (Phi) is 5.30. The molecule has 0 saturated carbocycles. The first-order valence-corrected chi connectivity index (χ1v) is 7.25. The number of halogens is 2. The molecule has 20 heavy (non-hydrogen) atoms. The lowest BCUT2D eigenvalue weighted by Gasteiger charge is -2.14. The van der Waals surface area contributed by atoms with Crippen molar-refractivity contribution in [3.63, 3.8) is 0 Å². The second-order valence-electron chi connectivity index (χ2n) is 4.90. The molecule has 2 rings (SSSR count). The molecule has 0 fully saturated rings. The maximum absolute atomic E-state index is 9.38. The lowest BCUT2D eigenvalue weighted by molar-refractivity contribution is 0.475. The Bertz CT molecular complexity index is 586. The van der Waals surface area contributed by atoms with Crippen LogP contribution in [0.4, 0.5) is 0 Å². The molecule has 0 bridgehead atoms. The van der Waals surface area contributed by atoms with Crippen molar-refractivity contribution in [3.05, 3.63) is 63.6 Å². The first-order chi connectivity index (χ1) is 9.54. The van der Waals surface area contributed by atoms with Crippen molar-refractivity contribution in [1.29, 1.82) is 0 Å². The SMILES string of the molecule is CC(Cc1cccc(Cl)c1)NCc1ccc(O)c(Cl)c1. The number of nitrogens with one attached hydrogen (secondary N) is 1. The summed E-state index contributed by atoms with van der Waals surface area (Å²) in [6.45, 7) is 2.84. The molecule has 106 valence electrons. The Morgan fingerprint density at radius 3 is 2.60 bits per heavy atom. The molecule has 0 heterocycles. The fraction of sp³-hybridized carbons (Fsp3) is 0.250. The molecule has 2 N–H and O–H groups in total. The molecule has 2 aromatic rings. The van der Waals surface area contributed by atoms with E-state index in [1.54, 1.807) is 12.1 Å². The Labute approximate surface area is 129 Å². The molecule has 1 unspecified atom stereocenters. The highest BCUT2D eigenvalue weighted by Gasteiger charge is 2.05. The number of rotatable bonds is 5. The summed E-state index contributed by atoms with van der Waals surface area (Å²) in [5, 5.41) is 14.0. The average molecular weight is 310 g/mol. The second kappa shape index (κ2) is 6.98. The highest BCUT2D eigenvalue weighted by molar-refractivity contribution is 6.32. The highest BCUT2D eigenvalue weighted by Crippen LogP contribution is 2.23. The Balaban J connectivity index is 1.88. The highest BCUT2D eigenvalue weighted by atomic mass is 35.5. The first kappa shape index (κ1) is 15.2. The van der Waals surface area contributed by atoms with Gasteiger partial charge in [-0.25, -0.2) is 0 Å². The monoisotopic (exact) mass is 309 g/mol. The summed E-state index contributed by atoms with van der Waals surface area (Å²) in [5.74, 6) is 0.113. The average Bonchev–Trinajstić information content (AvgIpc) is 2.40. The van der Waals surface area contributed by atoms with E-state index >= 15 is 0 Å². The van der Waals surface area contributed by atoms with Crippen molar-refractivity contribution in [2.75, 3.05) is 0 Å². The fourth-order valence-electron chi connectivity index (χ4n) is 2.04. The molecule has 0 aliphatic heterocycles. The van der Waals surface area contributed by atoms with Gasteiger partial charge in [0.2, 0.25) is 0 Å². The maximum atomic E-state index is 9.38. The molecule has 2 nitrogen and oxygen atoms in total. The third kappa shape index (κ3) is 4.41. The van der Waals surface area contributed by atoms with Crippen molar-refractivity contribution >= 4 is 23.2 Å². The molecule has 1 atom stereocenters.